The lowest BCUT2D eigenvalue weighted by molar-refractivity contribution is -0.386. The maximum Gasteiger partial charge on any atom is 0.349 e. The zero-order valence-electron chi connectivity index (χ0n) is 7.26. The van der Waals surface area contributed by atoms with Gasteiger partial charge in [-0.1, -0.05) is 0 Å². The molecule has 0 saturated carbocycles. The number of rotatable bonds is 4. The molecule has 1 aromatic rings. The number of halogens is 2. The Bertz CT molecular complexity index is 373. The summed E-state index contributed by atoms with van der Waals surface area (Å²) in [5.41, 5.74) is 4.52. The van der Waals surface area contributed by atoms with Crippen LogP contribution >= 0.6 is 0 Å². The van der Waals surface area contributed by atoms with Gasteiger partial charge in [0.25, 0.3) is 12.3 Å². The molecule has 0 amide bonds. The number of alkyl halides is 2. The van der Waals surface area contributed by atoms with E-state index >= 15 is 0 Å². The molecule has 0 aromatic carbocycles. The molecule has 0 fully saturated rings. The van der Waals surface area contributed by atoms with E-state index in [9.17, 15) is 18.9 Å². The molecule has 1 aromatic heterocycles. The molecule has 1 rings (SSSR count). The molecule has 0 aliphatic rings. The third-order valence-corrected chi connectivity index (χ3v) is 1.30. The molecular formula is C6H6F2N4O3. The number of nitrogen functional groups attached to an aromatic ring is 1. The summed E-state index contributed by atoms with van der Waals surface area (Å²) in [6.45, 7) is -0.989. The van der Waals surface area contributed by atoms with Crippen molar-refractivity contribution in [1.29, 1.82) is 0 Å². The number of nitrogens with zero attached hydrogens (tertiary/aromatic N) is 3. The van der Waals surface area contributed by atoms with Gasteiger partial charge >= 0.3 is 5.69 Å². The van der Waals surface area contributed by atoms with Crippen LogP contribution in [-0.2, 0) is 0 Å². The quantitative estimate of drug-likeness (QED) is 0.588. The first-order valence-corrected chi connectivity index (χ1v) is 3.68. The summed E-state index contributed by atoms with van der Waals surface area (Å²) in [7, 11) is 0. The van der Waals surface area contributed by atoms with Gasteiger partial charge in [0.05, 0.1) is 4.92 Å². The Balaban J connectivity index is 2.92. The van der Waals surface area contributed by atoms with Crippen LogP contribution in [0.2, 0.25) is 0 Å². The van der Waals surface area contributed by atoms with Crippen LogP contribution in [0.25, 0.3) is 0 Å². The lowest BCUT2D eigenvalue weighted by Crippen LogP contribution is -2.10. The lowest BCUT2D eigenvalue weighted by Gasteiger charge is -2.04. The largest absolute Gasteiger partial charge is 0.467 e. The molecule has 9 heteroatoms. The Morgan fingerprint density at radius 2 is 2.33 bits per heavy atom. The smallest absolute Gasteiger partial charge is 0.349 e. The van der Waals surface area contributed by atoms with Crippen LogP contribution in [0, 0.1) is 10.1 Å². The molecule has 0 spiro atoms. The van der Waals surface area contributed by atoms with E-state index in [1.54, 1.807) is 0 Å². The first kappa shape index (κ1) is 11.0. The fourth-order valence-electron chi connectivity index (χ4n) is 0.746. The van der Waals surface area contributed by atoms with Crippen molar-refractivity contribution in [2.75, 3.05) is 12.3 Å². The first-order valence-electron chi connectivity index (χ1n) is 3.68. The van der Waals surface area contributed by atoms with E-state index < -0.39 is 29.5 Å². The predicted octanol–water partition coefficient (Wildman–Crippen LogP) is 0.611. The Morgan fingerprint density at radius 3 is 2.87 bits per heavy atom. The van der Waals surface area contributed by atoms with E-state index in [2.05, 4.69) is 14.7 Å². The van der Waals surface area contributed by atoms with Gasteiger partial charge in [0.15, 0.2) is 6.61 Å². The highest BCUT2D eigenvalue weighted by Gasteiger charge is 2.19. The van der Waals surface area contributed by atoms with Gasteiger partial charge in [-0.2, -0.15) is 4.98 Å². The van der Waals surface area contributed by atoms with Crippen molar-refractivity contribution in [1.82, 2.24) is 9.97 Å². The number of anilines is 1. The minimum Gasteiger partial charge on any atom is -0.467 e. The number of hydrogen-bond donors (Lipinski definition) is 1. The van der Waals surface area contributed by atoms with Crippen LogP contribution in [-0.4, -0.2) is 27.9 Å². The Labute approximate surface area is 82.0 Å². The van der Waals surface area contributed by atoms with Gasteiger partial charge in [-0.05, 0) is 0 Å². The van der Waals surface area contributed by atoms with Gasteiger partial charge in [-0.15, -0.1) is 0 Å². The molecule has 0 unspecified atom stereocenters. The lowest BCUT2D eigenvalue weighted by atomic mass is 10.5. The molecule has 15 heavy (non-hydrogen) atoms. The fraction of sp³-hybridized carbons (Fsp3) is 0.333. The van der Waals surface area contributed by atoms with Crippen LogP contribution in [0.3, 0.4) is 0 Å². The van der Waals surface area contributed by atoms with Gasteiger partial charge < -0.3 is 10.5 Å². The second-order valence-electron chi connectivity index (χ2n) is 2.38. The molecule has 1 heterocycles. The van der Waals surface area contributed by atoms with Crippen molar-refractivity contribution >= 4 is 11.6 Å². The van der Waals surface area contributed by atoms with Crippen LogP contribution in [0.1, 0.15) is 0 Å². The van der Waals surface area contributed by atoms with E-state index in [-0.39, 0.29) is 5.95 Å². The molecule has 0 aliphatic carbocycles. The van der Waals surface area contributed by atoms with E-state index in [0.29, 0.717) is 0 Å². The predicted molar refractivity (Wildman–Crippen MR) is 44.6 cm³/mol. The van der Waals surface area contributed by atoms with Gasteiger partial charge in [-0.25, -0.2) is 13.8 Å². The van der Waals surface area contributed by atoms with Crippen molar-refractivity contribution < 1.29 is 18.4 Å². The van der Waals surface area contributed by atoms with Crippen molar-refractivity contribution in [3.8, 4) is 5.88 Å². The van der Waals surface area contributed by atoms with Crippen molar-refractivity contribution in [3.05, 3.63) is 16.3 Å². The highest BCUT2D eigenvalue weighted by Crippen LogP contribution is 2.23. The Hall–Kier alpha value is -2.06. The molecule has 0 bridgehead atoms. The summed E-state index contributed by atoms with van der Waals surface area (Å²) in [6, 6.07) is 0. The summed E-state index contributed by atoms with van der Waals surface area (Å²) in [4.78, 5) is 16.2. The fourth-order valence-corrected chi connectivity index (χ4v) is 0.746. The molecule has 0 aliphatic heterocycles. The molecule has 7 nitrogen and oxygen atoms in total. The molecule has 0 radical (unpaired) electrons. The number of nitro groups is 1. The van der Waals surface area contributed by atoms with Gasteiger partial charge in [0.1, 0.15) is 6.20 Å². The SMILES string of the molecule is Nc1ncc([N+](=O)[O-])c(OCC(F)F)n1. The van der Waals surface area contributed by atoms with E-state index in [1.165, 1.54) is 0 Å². The first-order chi connectivity index (χ1) is 7.00. The third kappa shape index (κ3) is 2.97. The van der Waals surface area contributed by atoms with Gasteiger partial charge in [0.2, 0.25) is 5.95 Å². The van der Waals surface area contributed by atoms with Crippen molar-refractivity contribution in [2.45, 2.75) is 6.43 Å². The molecular weight excluding hydrogens is 214 g/mol. The number of hydrogen-bond acceptors (Lipinski definition) is 6. The summed E-state index contributed by atoms with van der Waals surface area (Å²) in [5, 5.41) is 10.4. The Morgan fingerprint density at radius 1 is 1.67 bits per heavy atom. The minimum absolute atomic E-state index is 0.287. The third-order valence-electron chi connectivity index (χ3n) is 1.30. The van der Waals surface area contributed by atoms with Crippen molar-refractivity contribution in [2.24, 2.45) is 0 Å². The Kier molecular flexibility index (Phi) is 3.26. The maximum atomic E-state index is 11.8. The van der Waals surface area contributed by atoms with E-state index in [1.807, 2.05) is 0 Å². The summed E-state index contributed by atoms with van der Waals surface area (Å²) >= 11 is 0. The van der Waals surface area contributed by atoms with Crippen molar-refractivity contribution in [3.63, 3.8) is 0 Å². The van der Waals surface area contributed by atoms with E-state index in [0.717, 1.165) is 6.20 Å². The highest BCUT2D eigenvalue weighted by atomic mass is 19.3. The normalized spacial score (nSPS) is 10.3. The topological polar surface area (TPSA) is 104 Å². The molecule has 0 saturated heterocycles. The average molecular weight is 220 g/mol. The van der Waals surface area contributed by atoms with Crippen LogP contribution in [0.4, 0.5) is 20.4 Å². The second-order valence-corrected chi connectivity index (χ2v) is 2.38. The van der Waals surface area contributed by atoms with Crippen LogP contribution in [0.5, 0.6) is 5.88 Å². The standard InChI is InChI=1S/C6H6F2N4O3/c7-4(8)2-15-5-3(12(13)14)1-10-6(9)11-5/h1,4H,2H2,(H2,9,10,11). The number of aromatic nitrogens is 2. The molecule has 0 atom stereocenters. The number of nitrogens with two attached hydrogens (primary N) is 1. The molecule has 82 valence electrons. The van der Waals surface area contributed by atoms with Crippen LogP contribution in [0.15, 0.2) is 6.20 Å². The number of ether oxygens (including phenoxy) is 1. The average Bonchev–Trinajstić information content (AvgIpc) is 2.14. The highest BCUT2D eigenvalue weighted by molar-refractivity contribution is 5.41. The minimum atomic E-state index is -2.75. The van der Waals surface area contributed by atoms with Gasteiger partial charge in [0, 0.05) is 0 Å². The monoisotopic (exact) mass is 220 g/mol. The zero-order chi connectivity index (χ0) is 11.4. The zero-order valence-corrected chi connectivity index (χ0v) is 7.26. The summed E-state index contributed by atoms with van der Waals surface area (Å²) in [6.07, 6.45) is -1.95. The molecule has 2 N–H and O–H groups in total. The maximum absolute atomic E-state index is 11.8. The second kappa shape index (κ2) is 4.44. The van der Waals surface area contributed by atoms with Gasteiger partial charge in [-0.3, -0.25) is 10.1 Å². The summed E-state index contributed by atoms with van der Waals surface area (Å²) < 4.78 is 28.0. The van der Waals surface area contributed by atoms with E-state index in [4.69, 9.17) is 5.73 Å². The summed E-state index contributed by atoms with van der Waals surface area (Å²) in [5.74, 6) is -0.849. The van der Waals surface area contributed by atoms with Crippen LogP contribution < -0.4 is 10.5 Å².